The Hall–Kier alpha value is -4.51. The van der Waals surface area contributed by atoms with Gasteiger partial charge < -0.3 is 9.32 Å². The Morgan fingerprint density at radius 3 is 2.11 bits per heavy atom. The molecule has 0 N–H and O–H groups in total. The van der Waals surface area contributed by atoms with E-state index in [1.165, 1.54) is 29.2 Å². The zero-order valence-electron chi connectivity index (χ0n) is 23.9. The van der Waals surface area contributed by atoms with Gasteiger partial charge in [0.05, 0.1) is 16.7 Å². The lowest BCUT2D eigenvalue weighted by Gasteiger charge is -2.39. The minimum atomic E-state index is -0.104. The predicted octanol–water partition coefficient (Wildman–Crippen LogP) is 6.82. The molecule has 1 fully saturated rings. The van der Waals surface area contributed by atoms with Gasteiger partial charge in [-0.2, -0.15) is 0 Å². The molecular formula is C34H30N6O2S2. The number of hydrogen-bond donors (Lipinski definition) is 0. The SMILES string of the molecule is O=C(c1coc(CSc2nnc(-c3cccs3)n2-c2ccccc2)n1)N1CCN(C(c2ccccc2)c2ccccc2)CC1. The number of benzene rings is 3. The Balaban J connectivity index is 1.02. The number of piperazine rings is 1. The quantitative estimate of drug-likeness (QED) is 0.165. The molecule has 7 rings (SSSR count). The smallest absolute Gasteiger partial charge is 0.275 e. The highest BCUT2D eigenvalue weighted by Gasteiger charge is 2.29. The lowest BCUT2D eigenvalue weighted by Crippen LogP contribution is -2.50. The zero-order chi connectivity index (χ0) is 29.7. The summed E-state index contributed by atoms with van der Waals surface area (Å²) in [6, 6.07) is 35.4. The Morgan fingerprint density at radius 1 is 0.818 bits per heavy atom. The van der Waals surface area contributed by atoms with Gasteiger partial charge in [0.1, 0.15) is 6.26 Å². The third-order valence-electron chi connectivity index (χ3n) is 7.68. The van der Waals surface area contributed by atoms with Crippen LogP contribution in [0.5, 0.6) is 0 Å². The Kier molecular flexibility index (Phi) is 8.36. The molecule has 1 amide bonds. The van der Waals surface area contributed by atoms with Gasteiger partial charge in [-0.3, -0.25) is 14.3 Å². The summed E-state index contributed by atoms with van der Waals surface area (Å²) in [7, 11) is 0. The molecule has 1 saturated heterocycles. The third kappa shape index (κ3) is 5.96. The summed E-state index contributed by atoms with van der Waals surface area (Å²) in [6.07, 6.45) is 1.47. The monoisotopic (exact) mass is 618 g/mol. The number of aromatic nitrogens is 4. The molecule has 44 heavy (non-hydrogen) atoms. The first-order chi connectivity index (χ1) is 21.7. The van der Waals surface area contributed by atoms with E-state index in [1.807, 2.05) is 69.4 Å². The summed E-state index contributed by atoms with van der Waals surface area (Å²) in [6.45, 7) is 2.78. The molecule has 6 aromatic rings. The van der Waals surface area contributed by atoms with Crippen molar-refractivity contribution in [3.63, 3.8) is 0 Å². The summed E-state index contributed by atoms with van der Waals surface area (Å²) < 4.78 is 7.80. The number of para-hydroxylation sites is 1. The largest absolute Gasteiger partial charge is 0.447 e. The summed E-state index contributed by atoms with van der Waals surface area (Å²) in [4.78, 5) is 23.4. The van der Waals surface area contributed by atoms with Crippen LogP contribution in [0.2, 0.25) is 0 Å². The first-order valence-electron chi connectivity index (χ1n) is 14.5. The van der Waals surface area contributed by atoms with Crippen molar-refractivity contribution in [1.29, 1.82) is 0 Å². The second-order valence-electron chi connectivity index (χ2n) is 10.4. The molecule has 3 aromatic heterocycles. The van der Waals surface area contributed by atoms with Crippen molar-refractivity contribution in [3.8, 4) is 16.4 Å². The molecule has 4 heterocycles. The van der Waals surface area contributed by atoms with Crippen molar-refractivity contribution in [2.24, 2.45) is 0 Å². The standard InChI is InChI=1S/C34H30N6O2S2/c41-33(39-20-18-38(19-21-39)31(25-11-4-1-5-12-25)26-13-6-2-7-14-26)28-23-42-30(35-28)24-44-34-37-36-32(29-17-10-22-43-29)40(34)27-15-8-3-9-16-27/h1-17,22-23,31H,18-21,24H2. The Labute approximate surface area is 264 Å². The number of amides is 1. The van der Waals surface area contributed by atoms with Gasteiger partial charge in [-0.05, 0) is 34.7 Å². The van der Waals surface area contributed by atoms with Crippen LogP contribution in [0.25, 0.3) is 16.4 Å². The fourth-order valence-electron chi connectivity index (χ4n) is 5.57. The van der Waals surface area contributed by atoms with Gasteiger partial charge in [-0.15, -0.1) is 21.5 Å². The van der Waals surface area contributed by atoms with Gasteiger partial charge in [0.25, 0.3) is 5.91 Å². The lowest BCUT2D eigenvalue weighted by atomic mass is 9.96. The summed E-state index contributed by atoms with van der Waals surface area (Å²) in [5, 5.41) is 11.7. The number of thioether (sulfide) groups is 1. The number of carbonyl (C=O) groups excluding carboxylic acids is 1. The molecular weight excluding hydrogens is 589 g/mol. The highest BCUT2D eigenvalue weighted by Crippen LogP contribution is 2.32. The topological polar surface area (TPSA) is 80.3 Å². The number of nitrogens with zero attached hydrogens (tertiary/aromatic N) is 6. The second kappa shape index (κ2) is 13.0. The van der Waals surface area contributed by atoms with Gasteiger partial charge in [-0.1, -0.05) is 96.7 Å². The molecule has 10 heteroatoms. The van der Waals surface area contributed by atoms with Crippen molar-refractivity contribution < 1.29 is 9.21 Å². The Bertz CT molecular complexity index is 1760. The average Bonchev–Trinajstić information content (AvgIpc) is 3.87. The Morgan fingerprint density at radius 2 is 1.48 bits per heavy atom. The summed E-state index contributed by atoms with van der Waals surface area (Å²) in [5.74, 6) is 1.59. The van der Waals surface area contributed by atoms with E-state index in [9.17, 15) is 4.79 Å². The average molecular weight is 619 g/mol. The van der Waals surface area contributed by atoms with Gasteiger partial charge in [0.2, 0.25) is 5.89 Å². The number of thiophene rings is 1. The number of carbonyl (C=O) groups is 1. The van der Waals surface area contributed by atoms with Crippen molar-refractivity contribution in [3.05, 3.63) is 137 Å². The van der Waals surface area contributed by atoms with Crippen LogP contribution in [-0.2, 0) is 5.75 Å². The summed E-state index contributed by atoms with van der Waals surface area (Å²) in [5.41, 5.74) is 3.82. The molecule has 0 atom stereocenters. The van der Waals surface area contributed by atoms with E-state index in [2.05, 4.69) is 68.6 Å². The molecule has 1 aliphatic rings. The van der Waals surface area contributed by atoms with Gasteiger partial charge in [-0.25, -0.2) is 4.98 Å². The number of oxazole rings is 1. The first-order valence-corrected chi connectivity index (χ1v) is 16.4. The lowest BCUT2D eigenvalue weighted by molar-refractivity contribution is 0.0591. The van der Waals surface area contributed by atoms with E-state index in [4.69, 9.17) is 4.42 Å². The maximum absolute atomic E-state index is 13.4. The molecule has 0 radical (unpaired) electrons. The fourth-order valence-corrected chi connectivity index (χ4v) is 7.07. The maximum atomic E-state index is 13.4. The molecule has 0 saturated carbocycles. The van der Waals surface area contributed by atoms with Gasteiger partial charge in [0, 0.05) is 31.9 Å². The van der Waals surface area contributed by atoms with Crippen LogP contribution in [0.3, 0.4) is 0 Å². The van der Waals surface area contributed by atoms with Gasteiger partial charge in [0.15, 0.2) is 16.7 Å². The van der Waals surface area contributed by atoms with Crippen molar-refractivity contribution >= 4 is 29.0 Å². The maximum Gasteiger partial charge on any atom is 0.275 e. The minimum absolute atomic E-state index is 0.104. The zero-order valence-corrected chi connectivity index (χ0v) is 25.5. The molecule has 1 aliphatic heterocycles. The second-order valence-corrected chi connectivity index (χ2v) is 12.3. The molecule has 0 unspecified atom stereocenters. The van der Waals surface area contributed by atoms with Crippen molar-refractivity contribution in [2.75, 3.05) is 26.2 Å². The molecule has 3 aromatic carbocycles. The van der Waals surface area contributed by atoms with Crippen LogP contribution in [0, 0.1) is 0 Å². The van der Waals surface area contributed by atoms with Crippen molar-refractivity contribution in [2.45, 2.75) is 17.0 Å². The highest BCUT2D eigenvalue weighted by molar-refractivity contribution is 7.98. The summed E-state index contributed by atoms with van der Waals surface area (Å²) >= 11 is 3.10. The number of rotatable bonds is 9. The predicted molar refractivity (Wildman–Crippen MR) is 173 cm³/mol. The van der Waals surface area contributed by atoms with E-state index >= 15 is 0 Å². The van der Waals surface area contributed by atoms with Crippen LogP contribution in [0.4, 0.5) is 0 Å². The van der Waals surface area contributed by atoms with E-state index < -0.39 is 0 Å². The van der Waals surface area contributed by atoms with Crippen LogP contribution < -0.4 is 0 Å². The highest BCUT2D eigenvalue weighted by atomic mass is 32.2. The molecule has 0 spiro atoms. The first kappa shape index (κ1) is 28.3. The van der Waals surface area contributed by atoms with Crippen LogP contribution in [0.1, 0.15) is 33.5 Å². The van der Waals surface area contributed by atoms with Gasteiger partial charge >= 0.3 is 0 Å². The normalized spacial score (nSPS) is 13.9. The number of hydrogen-bond acceptors (Lipinski definition) is 8. The molecule has 8 nitrogen and oxygen atoms in total. The molecule has 220 valence electrons. The van der Waals surface area contributed by atoms with E-state index in [0.717, 1.165) is 34.6 Å². The van der Waals surface area contributed by atoms with E-state index in [-0.39, 0.29) is 11.9 Å². The fraction of sp³-hybridized carbons (Fsp3) is 0.176. The van der Waals surface area contributed by atoms with Crippen LogP contribution in [0.15, 0.2) is 124 Å². The van der Waals surface area contributed by atoms with E-state index in [1.54, 1.807) is 11.3 Å². The van der Waals surface area contributed by atoms with Crippen LogP contribution >= 0.6 is 23.1 Å². The molecule has 0 aliphatic carbocycles. The van der Waals surface area contributed by atoms with Crippen LogP contribution in [-0.4, -0.2) is 61.6 Å². The third-order valence-corrected chi connectivity index (χ3v) is 9.46. The minimum Gasteiger partial charge on any atom is -0.447 e. The van der Waals surface area contributed by atoms with E-state index in [0.29, 0.717) is 30.4 Å². The van der Waals surface area contributed by atoms with Crippen molar-refractivity contribution in [1.82, 2.24) is 29.5 Å². The molecule has 0 bridgehead atoms.